The molecule has 1 atom stereocenters. The van der Waals surface area contributed by atoms with Gasteiger partial charge in [-0.1, -0.05) is 11.6 Å². The van der Waals surface area contributed by atoms with E-state index in [1.54, 1.807) is 18.2 Å². The fourth-order valence-corrected chi connectivity index (χ4v) is 1.57. The molecule has 0 aliphatic carbocycles. The van der Waals surface area contributed by atoms with Crippen LogP contribution in [0.4, 0.5) is 0 Å². The minimum atomic E-state index is -1.01. The van der Waals surface area contributed by atoms with Crippen molar-refractivity contribution in [3.05, 3.63) is 28.8 Å². The average molecular weight is 245 g/mol. The average Bonchev–Trinajstić information content (AvgIpc) is 2.25. The van der Waals surface area contributed by atoms with Gasteiger partial charge in [-0.05, 0) is 23.8 Å². The summed E-state index contributed by atoms with van der Waals surface area (Å²) in [5, 5.41) is 9.41. The Bertz CT molecular complexity index is 378. The molecule has 4 nitrogen and oxygen atoms in total. The van der Waals surface area contributed by atoms with E-state index in [2.05, 4.69) is 0 Å². The highest BCUT2D eigenvalue weighted by Crippen LogP contribution is 2.24. The van der Waals surface area contributed by atoms with Crippen LogP contribution < -0.4 is 4.74 Å². The molecule has 0 aromatic heterocycles. The number of hydrogen-bond acceptors (Lipinski definition) is 3. The number of carboxylic acids is 1. The zero-order valence-electron chi connectivity index (χ0n) is 9.07. The Morgan fingerprint density at radius 1 is 1.50 bits per heavy atom. The van der Waals surface area contributed by atoms with E-state index in [0.717, 1.165) is 0 Å². The number of halogens is 1. The first-order valence-electron chi connectivity index (χ1n) is 4.66. The summed E-state index contributed by atoms with van der Waals surface area (Å²) in [5.41, 5.74) is 0.712. The number of benzene rings is 1. The highest BCUT2D eigenvalue weighted by Gasteiger charge is 2.19. The molecule has 0 radical (unpaired) electrons. The predicted molar refractivity (Wildman–Crippen MR) is 60.1 cm³/mol. The number of carboxylic acid groups (broad SMARTS) is 1. The van der Waals surface area contributed by atoms with Crippen LogP contribution in [0.5, 0.6) is 5.75 Å². The molecule has 1 N–H and O–H groups in total. The third kappa shape index (κ3) is 3.12. The van der Waals surface area contributed by atoms with Gasteiger partial charge in [0.2, 0.25) is 0 Å². The van der Waals surface area contributed by atoms with Crippen molar-refractivity contribution in [3.63, 3.8) is 0 Å². The molecule has 0 aliphatic rings. The van der Waals surface area contributed by atoms with Gasteiger partial charge < -0.3 is 14.6 Å². The molecule has 1 aromatic rings. The lowest BCUT2D eigenvalue weighted by Gasteiger charge is -2.13. The maximum Gasteiger partial charge on any atom is 0.333 e. The molecule has 0 saturated carbocycles. The maximum atomic E-state index is 10.8. The Hall–Kier alpha value is -1.26. The predicted octanol–water partition coefficient (Wildman–Crippen LogP) is 1.99. The zero-order chi connectivity index (χ0) is 12.1. The van der Waals surface area contributed by atoms with Gasteiger partial charge in [-0.2, -0.15) is 0 Å². The summed E-state index contributed by atoms with van der Waals surface area (Å²) < 4.78 is 9.98. The van der Waals surface area contributed by atoms with Crippen LogP contribution in [0.3, 0.4) is 0 Å². The molecular formula is C11H13ClO4. The van der Waals surface area contributed by atoms with E-state index < -0.39 is 12.1 Å². The lowest BCUT2D eigenvalue weighted by Crippen LogP contribution is -2.25. The number of hydrogen-bond donors (Lipinski definition) is 1. The van der Waals surface area contributed by atoms with Crippen molar-refractivity contribution >= 4 is 17.6 Å². The van der Waals surface area contributed by atoms with Crippen molar-refractivity contribution < 1.29 is 19.4 Å². The maximum absolute atomic E-state index is 10.8. The van der Waals surface area contributed by atoms with E-state index in [1.807, 2.05) is 0 Å². The van der Waals surface area contributed by atoms with Crippen molar-refractivity contribution in [1.29, 1.82) is 0 Å². The minimum absolute atomic E-state index is 0.218. The van der Waals surface area contributed by atoms with Gasteiger partial charge >= 0.3 is 5.97 Å². The Morgan fingerprint density at radius 2 is 2.19 bits per heavy atom. The molecule has 0 fully saturated rings. The molecule has 0 saturated heterocycles. The molecule has 1 aromatic carbocycles. The van der Waals surface area contributed by atoms with Crippen LogP contribution in [0.15, 0.2) is 18.2 Å². The summed E-state index contributed by atoms with van der Waals surface area (Å²) in [7, 11) is 2.88. The molecule has 0 heterocycles. The first kappa shape index (κ1) is 12.8. The summed E-state index contributed by atoms with van der Waals surface area (Å²) in [6.07, 6.45) is -0.678. The molecule has 0 amide bonds. The Balaban J connectivity index is 2.93. The van der Waals surface area contributed by atoms with Crippen LogP contribution in [-0.4, -0.2) is 31.4 Å². The van der Waals surface area contributed by atoms with E-state index in [4.69, 9.17) is 26.2 Å². The number of ether oxygens (including phenoxy) is 2. The van der Waals surface area contributed by atoms with Crippen LogP contribution in [-0.2, 0) is 16.0 Å². The van der Waals surface area contributed by atoms with Crippen LogP contribution >= 0.6 is 11.6 Å². The standard InChI is InChI=1S/C11H13ClO4/c1-15-9-4-3-8(12)5-7(9)6-10(16-2)11(13)14/h3-5,10H,6H2,1-2H3,(H,13,14)/t10-/m1/s1. The molecule has 0 bridgehead atoms. The minimum Gasteiger partial charge on any atom is -0.496 e. The zero-order valence-corrected chi connectivity index (χ0v) is 9.82. The topological polar surface area (TPSA) is 55.8 Å². The molecule has 88 valence electrons. The van der Waals surface area contributed by atoms with Crippen LogP contribution in [0.25, 0.3) is 0 Å². The molecule has 0 aliphatic heterocycles. The van der Waals surface area contributed by atoms with E-state index in [-0.39, 0.29) is 6.42 Å². The highest BCUT2D eigenvalue weighted by molar-refractivity contribution is 6.30. The van der Waals surface area contributed by atoms with E-state index in [9.17, 15) is 4.79 Å². The SMILES string of the molecule is COc1ccc(Cl)cc1C[C@@H](OC)C(=O)O. The van der Waals surface area contributed by atoms with Gasteiger partial charge in [0.05, 0.1) is 7.11 Å². The number of aliphatic carboxylic acids is 1. The fourth-order valence-electron chi connectivity index (χ4n) is 1.38. The van der Waals surface area contributed by atoms with E-state index in [1.165, 1.54) is 14.2 Å². The van der Waals surface area contributed by atoms with Gasteiger partial charge in [-0.3, -0.25) is 0 Å². The van der Waals surface area contributed by atoms with Gasteiger partial charge in [-0.15, -0.1) is 0 Å². The van der Waals surface area contributed by atoms with Crippen molar-refractivity contribution in [1.82, 2.24) is 0 Å². The molecule has 5 heteroatoms. The van der Waals surface area contributed by atoms with Gasteiger partial charge in [-0.25, -0.2) is 4.79 Å². The van der Waals surface area contributed by atoms with Crippen molar-refractivity contribution in [2.24, 2.45) is 0 Å². The summed E-state index contributed by atoms with van der Waals surface area (Å²) in [4.78, 5) is 10.8. The second-order valence-corrected chi connectivity index (χ2v) is 3.66. The number of carbonyl (C=O) groups is 1. The third-order valence-corrected chi connectivity index (χ3v) is 2.44. The monoisotopic (exact) mass is 244 g/mol. The molecule has 0 spiro atoms. The molecule has 0 unspecified atom stereocenters. The van der Waals surface area contributed by atoms with Crippen LogP contribution in [0.2, 0.25) is 5.02 Å². The molecule has 16 heavy (non-hydrogen) atoms. The molecular weight excluding hydrogens is 232 g/mol. The smallest absolute Gasteiger partial charge is 0.333 e. The number of methoxy groups -OCH3 is 2. The summed E-state index contributed by atoms with van der Waals surface area (Å²) >= 11 is 5.84. The fraction of sp³-hybridized carbons (Fsp3) is 0.364. The number of rotatable bonds is 5. The summed E-state index contributed by atoms with van der Waals surface area (Å²) in [6, 6.07) is 5.06. The quantitative estimate of drug-likeness (QED) is 0.861. The molecule has 1 rings (SSSR count). The van der Waals surface area contributed by atoms with Gasteiger partial charge in [0.1, 0.15) is 5.75 Å². The van der Waals surface area contributed by atoms with E-state index in [0.29, 0.717) is 16.3 Å². The van der Waals surface area contributed by atoms with Gasteiger partial charge in [0, 0.05) is 18.6 Å². The summed E-state index contributed by atoms with van der Waals surface area (Å²) in [5.74, 6) is -0.405. The van der Waals surface area contributed by atoms with Crippen molar-refractivity contribution in [2.75, 3.05) is 14.2 Å². The first-order chi connectivity index (χ1) is 7.58. The van der Waals surface area contributed by atoms with Gasteiger partial charge in [0.25, 0.3) is 0 Å². The van der Waals surface area contributed by atoms with E-state index >= 15 is 0 Å². The summed E-state index contributed by atoms with van der Waals surface area (Å²) in [6.45, 7) is 0. The lowest BCUT2D eigenvalue weighted by molar-refractivity contribution is -0.148. The largest absolute Gasteiger partial charge is 0.496 e. The second kappa shape index (κ2) is 5.72. The van der Waals surface area contributed by atoms with Crippen LogP contribution in [0.1, 0.15) is 5.56 Å². The second-order valence-electron chi connectivity index (χ2n) is 3.22. The highest BCUT2D eigenvalue weighted by atomic mass is 35.5. The van der Waals surface area contributed by atoms with Crippen LogP contribution in [0, 0.1) is 0 Å². The normalized spacial score (nSPS) is 12.2. The van der Waals surface area contributed by atoms with Gasteiger partial charge in [0.15, 0.2) is 6.10 Å². The Labute approximate surface area is 98.7 Å². The lowest BCUT2D eigenvalue weighted by atomic mass is 10.1. The Kier molecular flexibility index (Phi) is 4.58. The van der Waals surface area contributed by atoms with Crippen molar-refractivity contribution in [2.45, 2.75) is 12.5 Å². The first-order valence-corrected chi connectivity index (χ1v) is 5.04. The van der Waals surface area contributed by atoms with Crippen molar-refractivity contribution in [3.8, 4) is 5.75 Å². The Morgan fingerprint density at radius 3 is 2.69 bits per heavy atom. The third-order valence-electron chi connectivity index (χ3n) is 2.21.